The molecule has 0 radical (unpaired) electrons. The standard InChI is InChI=1S/C11H9NO3.C10H9NO.CO2/c13-10(11(14)15)5-7-6-12-9-4-2-1-3-8(7)9;12-6-5-8-7-11-10-4-2-1-3-9(8)10;2-1-3/h1-4,6,12H,5H2,(H,14,15);1-4,6-7,11H,5H2;. The molecule has 0 aliphatic heterocycles. The van der Waals surface area contributed by atoms with Crippen LogP contribution in [0.15, 0.2) is 60.9 Å². The first-order valence-corrected chi connectivity index (χ1v) is 8.80. The number of Topliss-reactive ketones (excluding diaryl/α,β-unsaturated/α-hetero) is 1. The highest BCUT2D eigenvalue weighted by molar-refractivity contribution is 6.33. The zero-order chi connectivity index (χ0) is 21.9. The van der Waals surface area contributed by atoms with E-state index >= 15 is 0 Å². The van der Waals surface area contributed by atoms with Crippen molar-refractivity contribution in [2.75, 3.05) is 0 Å². The van der Waals surface area contributed by atoms with Gasteiger partial charge in [-0.05, 0) is 23.3 Å². The van der Waals surface area contributed by atoms with Crippen LogP contribution in [-0.4, -0.2) is 39.3 Å². The Balaban J connectivity index is 0.000000193. The molecule has 4 aromatic rings. The summed E-state index contributed by atoms with van der Waals surface area (Å²) in [6.45, 7) is 0. The number of carboxylic acid groups (broad SMARTS) is 1. The summed E-state index contributed by atoms with van der Waals surface area (Å²) in [5, 5.41) is 10.5. The molecule has 0 aliphatic carbocycles. The SMILES string of the molecule is O=C(O)C(=O)Cc1c[nH]c2ccccc12.O=C=O.O=CCc1c[nH]c2ccccc12. The molecule has 2 heterocycles. The molecule has 8 nitrogen and oxygen atoms in total. The summed E-state index contributed by atoms with van der Waals surface area (Å²) in [7, 11) is 0. The number of fused-ring (bicyclic) bond motifs is 2. The minimum absolute atomic E-state index is 0.0701. The van der Waals surface area contributed by atoms with Gasteiger partial charge in [0.15, 0.2) is 0 Å². The Morgan fingerprint density at radius 3 is 1.83 bits per heavy atom. The average molecular weight is 406 g/mol. The minimum atomic E-state index is -1.39. The number of carbonyl (C=O) groups is 3. The van der Waals surface area contributed by atoms with Gasteiger partial charge in [0.2, 0.25) is 5.78 Å². The van der Waals surface area contributed by atoms with Crippen molar-refractivity contribution in [1.29, 1.82) is 0 Å². The molecule has 0 saturated heterocycles. The number of aliphatic carboxylic acids is 1. The van der Waals surface area contributed by atoms with E-state index in [9.17, 15) is 14.4 Å². The van der Waals surface area contributed by atoms with Crippen LogP contribution in [0.1, 0.15) is 11.1 Å². The lowest BCUT2D eigenvalue weighted by atomic mass is 10.1. The van der Waals surface area contributed by atoms with E-state index in [-0.39, 0.29) is 12.6 Å². The molecule has 2 aromatic heterocycles. The summed E-state index contributed by atoms with van der Waals surface area (Å²) >= 11 is 0. The van der Waals surface area contributed by atoms with Crippen molar-refractivity contribution in [3.05, 3.63) is 72.1 Å². The molecule has 30 heavy (non-hydrogen) atoms. The predicted molar refractivity (Wildman–Crippen MR) is 108 cm³/mol. The van der Waals surface area contributed by atoms with E-state index in [0.29, 0.717) is 6.42 Å². The highest BCUT2D eigenvalue weighted by atomic mass is 16.4. The van der Waals surface area contributed by atoms with E-state index in [4.69, 9.17) is 14.7 Å². The first kappa shape index (κ1) is 22.0. The van der Waals surface area contributed by atoms with Gasteiger partial charge in [0.1, 0.15) is 6.29 Å². The monoisotopic (exact) mass is 406 g/mol. The number of carboxylic acids is 1. The summed E-state index contributed by atoms with van der Waals surface area (Å²) < 4.78 is 0. The fourth-order valence-electron chi connectivity index (χ4n) is 2.92. The summed E-state index contributed by atoms with van der Waals surface area (Å²) in [5.41, 5.74) is 3.79. The lowest BCUT2D eigenvalue weighted by Crippen LogP contribution is -2.14. The number of ketones is 1. The van der Waals surface area contributed by atoms with Gasteiger partial charge < -0.3 is 19.9 Å². The Kier molecular flexibility index (Phi) is 7.99. The van der Waals surface area contributed by atoms with Crippen LogP contribution in [0.3, 0.4) is 0 Å². The molecule has 152 valence electrons. The first-order chi connectivity index (χ1) is 14.5. The lowest BCUT2D eigenvalue weighted by molar-refractivity contribution is -0.191. The largest absolute Gasteiger partial charge is 0.475 e. The molecule has 0 fully saturated rings. The van der Waals surface area contributed by atoms with Gasteiger partial charge in [-0.15, -0.1) is 0 Å². The highest BCUT2D eigenvalue weighted by Crippen LogP contribution is 2.18. The number of benzene rings is 2. The maximum atomic E-state index is 11.0. The van der Waals surface area contributed by atoms with Crippen LogP contribution in [0.4, 0.5) is 0 Å². The fourth-order valence-corrected chi connectivity index (χ4v) is 2.92. The molecule has 2 aromatic carbocycles. The van der Waals surface area contributed by atoms with Gasteiger partial charge in [-0.1, -0.05) is 36.4 Å². The zero-order valence-electron chi connectivity index (χ0n) is 15.8. The summed E-state index contributed by atoms with van der Waals surface area (Å²) in [6, 6.07) is 15.4. The Hall–Kier alpha value is -4.29. The van der Waals surface area contributed by atoms with Crippen molar-refractivity contribution in [3.8, 4) is 0 Å². The topological polar surface area (TPSA) is 137 Å². The summed E-state index contributed by atoms with van der Waals surface area (Å²) in [5.74, 6) is -2.18. The fraction of sp³-hybridized carbons (Fsp3) is 0.0909. The van der Waals surface area contributed by atoms with E-state index in [1.807, 2.05) is 54.7 Å². The van der Waals surface area contributed by atoms with Crippen molar-refractivity contribution >= 4 is 46.0 Å². The van der Waals surface area contributed by atoms with Crippen molar-refractivity contribution in [2.24, 2.45) is 0 Å². The van der Waals surface area contributed by atoms with E-state index in [0.717, 1.165) is 39.2 Å². The predicted octanol–water partition coefficient (Wildman–Crippen LogP) is 2.69. The normalized spacial score (nSPS) is 9.60. The third kappa shape index (κ3) is 5.60. The highest BCUT2D eigenvalue weighted by Gasteiger charge is 2.14. The number of hydrogen-bond acceptors (Lipinski definition) is 5. The maximum Gasteiger partial charge on any atom is 0.373 e. The van der Waals surface area contributed by atoms with E-state index in [1.54, 1.807) is 6.20 Å². The van der Waals surface area contributed by atoms with Crippen LogP contribution in [0, 0.1) is 0 Å². The number of carbonyl (C=O) groups excluding carboxylic acids is 4. The molecule has 0 saturated carbocycles. The number of aromatic amines is 2. The van der Waals surface area contributed by atoms with Gasteiger partial charge in [-0.25, -0.2) is 4.79 Å². The van der Waals surface area contributed by atoms with Crippen molar-refractivity contribution in [3.63, 3.8) is 0 Å². The van der Waals surface area contributed by atoms with Gasteiger partial charge >= 0.3 is 12.1 Å². The van der Waals surface area contributed by atoms with Gasteiger partial charge in [-0.3, -0.25) is 4.79 Å². The van der Waals surface area contributed by atoms with Gasteiger partial charge in [0.05, 0.1) is 0 Å². The number of aldehydes is 1. The zero-order valence-corrected chi connectivity index (χ0v) is 15.8. The van der Waals surface area contributed by atoms with Crippen LogP contribution >= 0.6 is 0 Å². The van der Waals surface area contributed by atoms with Crippen molar-refractivity contribution in [2.45, 2.75) is 12.8 Å². The quantitative estimate of drug-likeness (QED) is 0.344. The number of aromatic nitrogens is 2. The van der Waals surface area contributed by atoms with Crippen LogP contribution < -0.4 is 0 Å². The van der Waals surface area contributed by atoms with Crippen LogP contribution in [0.5, 0.6) is 0 Å². The van der Waals surface area contributed by atoms with E-state index in [1.165, 1.54) is 0 Å². The number of nitrogens with one attached hydrogen (secondary N) is 2. The van der Waals surface area contributed by atoms with E-state index < -0.39 is 11.8 Å². The van der Waals surface area contributed by atoms with Crippen molar-refractivity contribution < 1.29 is 29.1 Å². The van der Waals surface area contributed by atoms with Crippen molar-refractivity contribution in [1.82, 2.24) is 9.97 Å². The molecule has 0 bridgehead atoms. The summed E-state index contributed by atoms with van der Waals surface area (Å²) in [6.07, 6.45) is 5.16. The second kappa shape index (κ2) is 10.9. The average Bonchev–Trinajstić information content (AvgIpc) is 3.34. The number of rotatable bonds is 5. The molecule has 3 N–H and O–H groups in total. The van der Waals surface area contributed by atoms with Gasteiger partial charge in [0, 0.05) is 47.0 Å². The Bertz CT molecular complexity index is 1200. The number of para-hydroxylation sites is 2. The van der Waals surface area contributed by atoms with Crippen LogP contribution in [0.25, 0.3) is 21.8 Å². The molecule has 8 heteroatoms. The molecule has 0 amide bonds. The second-order valence-electron chi connectivity index (χ2n) is 6.08. The molecule has 0 spiro atoms. The molecule has 0 aliphatic rings. The van der Waals surface area contributed by atoms with E-state index in [2.05, 4.69) is 9.97 Å². The smallest absolute Gasteiger partial charge is 0.373 e. The lowest BCUT2D eigenvalue weighted by Gasteiger charge is -1.94. The van der Waals surface area contributed by atoms with Crippen LogP contribution in [-0.2, 0) is 36.8 Å². The maximum absolute atomic E-state index is 11.0. The molecule has 0 unspecified atom stereocenters. The molecular formula is C22H18N2O6. The minimum Gasteiger partial charge on any atom is -0.475 e. The summed E-state index contributed by atoms with van der Waals surface area (Å²) in [4.78, 5) is 54.1. The third-order valence-corrected chi connectivity index (χ3v) is 4.24. The molecule has 0 atom stereocenters. The molecule has 4 rings (SSSR count). The molecular weight excluding hydrogens is 388 g/mol. The second-order valence-corrected chi connectivity index (χ2v) is 6.08. The Labute approximate surface area is 170 Å². The first-order valence-electron chi connectivity index (χ1n) is 8.80. The third-order valence-electron chi connectivity index (χ3n) is 4.24. The number of H-pyrrole nitrogens is 2. The van der Waals surface area contributed by atoms with Crippen LogP contribution in [0.2, 0.25) is 0 Å². The number of hydrogen-bond donors (Lipinski definition) is 3. The van der Waals surface area contributed by atoms with Gasteiger partial charge in [0.25, 0.3) is 0 Å². The van der Waals surface area contributed by atoms with Gasteiger partial charge in [-0.2, -0.15) is 9.59 Å². The Morgan fingerprint density at radius 2 is 1.33 bits per heavy atom. The Morgan fingerprint density at radius 1 is 0.867 bits per heavy atom.